The maximum atomic E-state index is 14.0. The van der Waals surface area contributed by atoms with Gasteiger partial charge in [0.15, 0.2) is 0 Å². The first-order valence-corrected chi connectivity index (χ1v) is 7.01. The Balaban J connectivity index is 3.00. The Kier molecular flexibility index (Phi) is 5.14. The van der Waals surface area contributed by atoms with Gasteiger partial charge in [0, 0.05) is 23.5 Å². The normalized spacial score (nSPS) is 11.4. The summed E-state index contributed by atoms with van der Waals surface area (Å²) >= 11 is 1.47. The second-order valence-corrected chi connectivity index (χ2v) is 4.66. The average Bonchev–Trinajstić information content (AvgIpc) is 2.40. The number of alkyl halides is 2. The van der Waals surface area contributed by atoms with Crippen LogP contribution < -0.4 is 0 Å². The van der Waals surface area contributed by atoms with E-state index in [-0.39, 0.29) is 18.7 Å². The molecule has 1 aromatic rings. The van der Waals surface area contributed by atoms with Crippen LogP contribution in [0.4, 0.5) is 8.78 Å². The summed E-state index contributed by atoms with van der Waals surface area (Å²) in [6.45, 7) is 3.95. The van der Waals surface area contributed by atoms with E-state index in [0.29, 0.717) is 0 Å². The number of carbonyl (C=O) groups excluding carboxylic acids is 1. The molecule has 1 rings (SSSR count). The van der Waals surface area contributed by atoms with Crippen molar-refractivity contribution in [3.8, 4) is 0 Å². The number of halogens is 2. The van der Waals surface area contributed by atoms with Crippen LogP contribution in [0.2, 0.25) is 0 Å². The minimum Gasteiger partial charge on any atom is -0.338 e. The van der Waals surface area contributed by atoms with E-state index in [0.717, 1.165) is 9.80 Å². The maximum Gasteiger partial charge on any atom is 0.349 e. The Morgan fingerprint density at radius 2 is 1.72 bits per heavy atom. The zero-order chi connectivity index (χ0) is 13.8. The third kappa shape index (κ3) is 3.02. The fourth-order valence-corrected chi connectivity index (χ4v) is 2.04. The first-order chi connectivity index (χ1) is 8.47. The number of nitrogens with zero attached hydrogens (tertiary/aromatic N) is 1. The van der Waals surface area contributed by atoms with Crippen LogP contribution in [-0.2, 0) is 10.7 Å². The molecule has 100 valence electrons. The van der Waals surface area contributed by atoms with Crippen molar-refractivity contribution in [1.29, 1.82) is 0 Å². The minimum atomic E-state index is -3.46. The zero-order valence-electron chi connectivity index (χ0n) is 10.7. The van der Waals surface area contributed by atoms with E-state index in [1.807, 2.05) is 6.26 Å². The smallest absolute Gasteiger partial charge is 0.338 e. The van der Waals surface area contributed by atoms with Gasteiger partial charge in [-0.15, -0.1) is 11.8 Å². The van der Waals surface area contributed by atoms with E-state index in [2.05, 4.69) is 0 Å². The van der Waals surface area contributed by atoms with Crippen molar-refractivity contribution in [1.82, 2.24) is 4.90 Å². The monoisotopic (exact) mass is 273 g/mol. The summed E-state index contributed by atoms with van der Waals surface area (Å²) in [4.78, 5) is 13.8. The molecule has 0 aromatic heterocycles. The lowest BCUT2D eigenvalue weighted by Gasteiger charge is -2.24. The predicted molar refractivity (Wildman–Crippen MR) is 70.0 cm³/mol. The van der Waals surface area contributed by atoms with E-state index in [9.17, 15) is 13.6 Å². The molecule has 5 heteroatoms. The quantitative estimate of drug-likeness (QED) is 0.767. The highest BCUT2D eigenvalue weighted by Crippen LogP contribution is 2.31. The molecular formula is C13H17F2NOS. The van der Waals surface area contributed by atoms with E-state index >= 15 is 0 Å². The van der Waals surface area contributed by atoms with Crippen LogP contribution in [0.3, 0.4) is 0 Å². The molecule has 1 amide bonds. The predicted octanol–water partition coefficient (Wildman–Crippen LogP) is 3.37. The van der Waals surface area contributed by atoms with Gasteiger partial charge in [0.25, 0.3) is 5.91 Å². The fourth-order valence-electron chi connectivity index (χ4n) is 1.63. The molecule has 0 fully saturated rings. The molecule has 0 aliphatic rings. The van der Waals surface area contributed by atoms with Crippen molar-refractivity contribution in [3.05, 3.63) is 29.8 Å². The van der Waals surface area contributed by atoms with Crippen molar-refractivity contribution in [2.24, 2.45) is 0 Å². The van der Waals surface area contributed by atoms with Crippen LogP contribution in [0.15, 0.2) is 29.2 Å². The van der Waals surface area contributed by atoms with Crippen molar-refractivity contribution < 1.29 is 13.6 Å². The molecule has 0 saturated heterocycles. The lowest BCUT2D eigenvalue weighted by molar-refractivity contribution is -0.158. The molecular weight excluding hydrogens is 256 g/mol. The van der Waals surface area contributed by atoms with Gasteiger partial charge in [0.05, 0.1) is 0 Å². The van der Waals surface area contributed by atoms with Gasteiger partial charge in [0.2, 0.25) is 0 Å². The molecule has 18 heavy (non-hydrogen) atoms. The Hall–Kier alpha value is -1.10. The third-order valence-corrected chi connectivity index (χ3v) is 3.52. The van der Waals surface area contributed by atoms with Gasteiger partial charge in [-0.25, -0.2) is 0 Å². The number of thioether (sulfide) groups is 1. The van der Waals surface area contributed by atoms with Crippen LogP contribution in [0.25, 0.3) is 0 Å². The molecule has 0 aliphatic heterocycles. The summed E-state index contributed by atoms with van der Waals surface area (Å²) in [6.07, 6.45) is 1.87. The Labute approximate surface area is 110 Å². The molecule has 0 bridgehead atoms. The van der Waals surface area contributed by atoms with E-state index in [1.54, 1.807) is 26.0 Å². The number of hydrogen-bond donors (Lipinski definition) is 0. The van der Waals surface area contributed by atoms with Crippen molar-refractivity contribution >= 4 is 17.7 Å². The van der Waals surface area contributed by atoms with E-state index in [1.165, 1.54) is 23.9 Å². The van der Waals surface area contributed by atoms with Crippen molar-refractivity contribution in [3.63, 3.8) is 0 Å². The molecule has 0 unspecified atom stereocenters. The highest BCUT2D eigenvalue weighted by atomic mass is 32.2. The van der Waals surface area contributed by atoms with Crippen molar-refractivity contribution in [2.45, 2.75) is 24.7 Å². The van der Waals surface area contributed by atoms with Gasteiger partial charge >= 0.3 is 5.92 Å². The van der Waals surface area contributed by atoms with Gasteiger partial charge in [-0.1, -0.05) is 12.1 Å². The Morgan fingerprint density at radius 1 is 1.22 bits per heavy atom. The van der Waals surface area contributed by atoms with Crippen LogP contribution in [0.5, 0.6) is 0 Å². The molecule has 0 spiro atoms. The number of hydrogen-bond acceptors (Lipinski definition) is 2. The number of rotatable bonds is 5. The largest absolute Gasteiger partial charge is 0.349 e. The van der Waals surface area contributed by atoms with Gasteiger partial charge in [-0.3, -0.25) is 4.79 Å². The lowest BCUT2D eigenvalue weighted by Crippen LogP contribution is -2.41. The lowest BCUT2D eigenvalue weighted by atomic mass is 10.1. The molecule has 0 N–H and O–H groups in total. The number of amides is 1. The van der Waals surface area contributed by atoms with Gasteiger partial charge in [0.1, 0.15) is 0 Å². The summed E-state index contributed by atoms with van der Waals surface area (Å²) in [6, 6.07) is 5.83. The Bertz CT molecular complexity index is 402. The van der Waals surface area contributed by atoms with Crippen LogP contribution in [-0.4, -0.2) is 30.2 Å². The first kappa shape index (κ1) is 15.0. The maximum absolute atomic E-state index is 14.0. The SMILES string of the molecule is CCN(CC)C(=O)C(F)(F)c1ccc(SC)cc1. The first-order valence-electron chi connectivity index (χ1n) is 5.79. The summed E-state index contributed by atoms with van der Waals surface area (Å²) in [5, 5.41) is 0. The molecule has 1 aromatic carbocycles. The summed E-state index contributed by atoms with van der Waals surface area (Å²) < 4.78 is 28.0. The number of carbonyl (C=O) groups is 1. The molecule has 0 heterocycles. The molecule has 0 aliphatic carbocycles. The fraction of sp³-hybridized carbons (Fsp3) is 0.462. The second kappa shape index (κ2) is 6.18. The Morgan fingerprint density at radius 3 is 2.11 bits per heavy atom. The standard InChI is InChI=1S/C13H17F2NOS/c1-4-16(5-2)12(17)13(14,15)10-6-8-11(18-3)9-7-10/h6-9H,4-5H2,1-3H3. The van der Waals surface area contributed by atoms with Gasteiger partial charge < -0.3 is 4.90 Å². The highest BCUT2D eigenvalue weighted by Gasteiger charge is 2.43. The van der Waals surface area contributed by atoms with Gasteiger partial charge in [-0.2, -0.15) is 8.78 Å². The molecule has 0 saturated carbocycles. The van der Waals surface area contributed by atoms with Crippen LogP contribution >= 0.6 is 11.8 Å². The third-order valence-electron chi connectivity index (χ3n) is 2.77. The topological polar surface area (TPSA) is 20.3 Å². The summed E-state index contributed by atoms with van der Waals surface area (Å²) in [5.41, 5.74) is -0.253. The summed E-state index contributed by atoms with van der Waals surface area (Å²) in [7, 11) is 0. The van der Waals surface area contributed by atoms with Crippen molar-refractivity contribution in [2.75, 3.05) is 19.3 Å². The van der Waals surface area contributed by atoms with Crippen LogP contribution in [0.1, 0.15) is 19.4 Å². The number of likely N-dealkylation sites (N-methyl/N-ethyl adjacent to an activating group) is 1. The van der Waals surface area contributed by atoms with Crippen LogP contribution in [0, 0.1) is 0 Å². The molecule has 0 atom stereocenters. The highest BCUT2D eigenvalue weighted by molar-refractivity contribution is 7.98. The zero-order valence-corrected chi connectivity index (χ0v) is 11.6. The number of benzene rings is 1. The van der Waals surface area contributed by atoms with E-state index in [4.69, 9.17) is 0 Å². The second-order valence-electron chi connectivity index (χ2n) is 3.78. The minimum absolute atomic E-state index is 0.253. The van der Waals surface area contributed by atoms with E-state index < -0.39 is 11.8 Å². The average molecular weight is 273 g/mol. The molecule has 2 nitrogen and oxygen atoms in total. The van der Waals surface area contributed by atoms with Gasteiger partial charge in [-0.05, 0) is 32.2 Å². The summed E-state index contributed by atoms with van der Waals surface area (Å²) in [5.74, 6) is -4.59. The molecule has 0 radical (unpaired) electrons.